The molecule has 5 fully saturated rings. The van der Waals surface area contributed by atoms with Crippen LogP contribution in [0.4, 0.5) is 4.39 Å². The van der Waals surface area contributed by atoms with Gasteiger partial charge in [0.25, 0.3) is 5.91 Å². The molecule has 9 heteroatoms. The minimum atomic E-state index is -0.589. The molecule has 2 unspecified atom stereocenters. The lowest BCUT2D eigenvalue weighted by atomic mass is 9.44. The zero-order chi connectivity index (χ0) is 20.2. The molecule has 6 rings (SSSR count). The Hall–Kier alpha value is -1.90. The zero-order valence-corrected chi connectivity index (χ0v) is 16.6. The van der Waals surface area contributed by atoms with E-state index in [0.717, 1.165) is 38.2 Å². The van der Waals surface area contributed by atoms with Crippen LogP contribution in [0, 0.1) is 17.7 Å². The molecule has 0 aromatic heterocycles. The van der Waals surface area contributed by atoms with Crippen LogP contribution in [-0.4, -0.2) is 42.1 Å². The maximum atomic E-state index is 13.4. The lowest BCUT2D eigenvalue weighted by Crippen LogP contribution is -2.84. The number of hydroxylamine groups is 1. The molecule has 29 heavy (non-hydrogen) atoms. The summed E-state index contributed by atoms with van der Waals surface area (Å²) in [6.45, 7) is 0.351. The molecule has 3 N–H and O–H groups in total. The topological polar surface area (TPSA) is 88.7 Å². The first-order chi connectivity index (χ1) is 13.9. The Balaban J connectivity index is 1.07. The van der Waals surface area contributed by atoms with E-state index in [1.165, 1.54) is 12.1 Å². The van der Waals surface area contributed by atoms with Crippen molar-refractivity contribution in [2.75, 3.05) is 13.2 Å². The molecule has 1 heterocycles. The number of benzene rings is 1. The number of carbonyl (C=O) groups is 2. The lowest BCUT2D eigenvalue weighted by molar-refractivity contribution is -0.153. The van der Waals surface area contributed by atoms with Crippen LogP contribution in [0.5, 0.6) is 5.75 Å². The van der Waals surface area contributed by atoms with Crippen molar-refractivity contribution in [3.63, 3.8) is 0 Å². The second kappa shape index (κ2) is 6.82. The van der Waals surface area contributed by atoms with Gasteiger partial charge in [-0.05, 0) is 50.2 Å². The Labute approximate surface area is 172 Å². The highest BCUT2D eigenvalue weighted by molar-refractivity contribution is 6.30. The molecular weight excluding hydrogens is 401 g/mol. The van der Waals surface area contributed by atoms with Gasteiger partial charge < -0.3 is 15.4 Å². The first-order valence-electron chi connectivity index (χ1n) is 9.97. The Morgan fingerprint density at radius 3 is 2.66 bits per heavy atom. The summed E-state index contributed by atoms with van der Waals surface area (Å²) in [5, 5.41) is 6.18. The SMILES string of the molecule is O=C(COc1ccc(Cl)c(F)c1)NC12CC(NC(=O)C3CNOC3C3CC3)(C1)C2. The van der Waals surface area contributed by atoms with E-state index in [4.69, 9.17) is 21.2 Å². The average Bonchev–Trinajstić information content (AvgIpc) is 3.36. The number of hydrogen-bond acceptors (Lipinski definition) is 5. The van der Waals surface area contributed by atoms with Crippen LogP contribution in [0.25, 0.3) is 0 Å². The van der Waals surface area contributed by atoms with Gasteiger partial charge in [0.1, 0.15) is 11.6 Å². The Morgan fingerprint density at radius 2 is 1.97 bits per heavy atom. The van der Waals surface area contributed by atoms with E-state index in [2.05, 4.69) is 16.1 Å². The Kier molecular flexibility index (Phi) is 4.49. The molecule has 4 aliphatic carbocycles. The van der Waals surface area contributed by atoms with E-state index >= 15 is 0 Å². The molecule has 2 bridgehead atoms. The van der Waals surface area contributed by atoms with E-state index in [-0.39, 0.29) is 52.3 Å². The van der Waals surface area contributed by atoms with Crippen LogP contribution in [0.15, 0.2) is 18.2 Å². The molecule has 156 valence electrons. The molecule has 0 radical (unpaired) electrons. The number of hydrogen-bond donors (Lipinski definition) is 3. The molecule has 2 atom stereocenters. The van der Waals surface area contributed by atoms with Crippen molar-refractivity contribution < 1.29 is 23.6 Å². The standard InChI is InChI=1S/C20H23ClFN3O4/c21-14-4-3-12(5-15(14)22)28-7-16(26)24-19-8-20(9-19,10-19)25-18(27)13-6-23-29-17(13)11-1-2-11/h3-5,11,13,17,23H,1-2,6-10H2,(H,24,26)(H,25,27). The fourth-order valence-corrected chi connectivity index (χ4v) is 5.10. The highest BCUT2D eigenvalue weighted by Crippen LogP contribution is 2.60. The Morgan fingerprint density at radius 1 is 1.24 bits per heavy atom. The van der Waals surface area contributed by atoms with Crippen molar-refractivity contribution in [3.05, 3.63) is 29.0 Å². The van der Waals surface area contributed by atoms with Crippen molar-refractivity contribution in [2.45, 2.75) is 49.3 Å². The maximum Gasteiger partial charge on any atom is 0.258 e. The van der Waals surface area contributed by atoms with Crippen molar-refractivity contribution in [3.8, 4) is 5.75 Å². The van der Waals surface area contributed by atoms with Crippen LogP contribution < -0.4 is 20.9 Å². The quantitative estimate of drug-likeness (QED) is 0.621. The minimum absolute atomic E-state index is 0.00594. The van der Waals surface area contributed by atoms with Gasteiger partial charge in [-0.25, -0.2) is 9.87 Å². The molecule has 1 aliphatic heterocycles. The monoisotopic (exact) mass is 423 g/mol. The molecule has 4 saturated carbocycles. The molecule has 1 aromatic carbocycles. The lowest BCUT2D eigenvalue weighted by Gasteiger charge is -2.70. The normalized spacial score (nSPS) is 34.7. The van der Waals surface area contributed by atoms with Gasteiger partial charge in [-0.1, -0.05) is 11.6 Å². The van der Waals surface area contributed by atoms with E-state index in [1.54, 1.807) is 0 Å². The number of amides is 2. The second-order valence-electron chi connectivity index (χ2n) is 8.87. The fourth-order valence-electron chi connectivity index (χ4n) is 4.98. The van der Waals surface area contributed by atoms with Gasteiger partial charge in [-0.3, -0.25) is 14.4 Å². The molecular formula is C20H23ClFN3O4. The van der Waals surface area contributed by atoms with Gasteiger partial charge in [-0.2, -0.15) is 0 Å². The summed E-state index contributed by atoms with van der Waals surface area (Å²) >= 11 is 5.63. The van der Waals surface area contributed by atoms with Gasteiger partial charge in [0, 0.05) is 23.7 Å². The van der Waals surface area contributed by atoms with E-state index in [1.807, 2.05) is 0 Å². The summed E-state index contributed by atoms with van der Waals surface area (Å²) in [6.07, 6.45) is 4.40. The highest BCUT2D eigenvalue weighted by Gasteiger charge is 2.69. The third kappa shape index (κ3) is 3.58. The van der Waals surface area contributed by atoms with Crippen molar-refractivity contribution >= 4 is 23.4 Å². The smallest absolute Gasteiger partial charge is 0.258 e. The third-order valence-corrected chi connectivity index (χ3v) is 6.73. The summed E-state index contributed by atoms with van der Waals surface area (Å²) < 4.78 is 18.7. The molecule has 1 saturated heterocycles. The summed E-state index contributed by atoms with van der Waals surface area (Å²) in [6, 6.07) is 4.05. The van der Waals surface area contributed by atoms with Crippen LogP contribution in [-0.2, 0) is 14.4 Å². The van der Waals surface area contributed by atoms with Crippen molar-refractivity contribution in [2.24, 2.45) is 11.8 Å². The molecule has 5 aliphatic rings. The van der Waals surface area contributed by atoms with Crippen LogP contribution >= 0.6 is 11.6 Å². The number of nitrogens with one attached hydrogen (secondary N) is 3. The van der Waals surface area contributed by atoms with Gasteiger partial charge in [0.05, 0.1) is 17.0 Å². The van der Waals surface area contributed by atoms with Gasteiger partial charge in [0.15, 0.2) is 6.61 Å². The highest BCUT2D eigenvalue weighted by atomic mass is 35.5. The van der Waals surface area contributed by atoms with Crippen LogP contribution in [0.2, 0.25) is 5.02 Å². The Bertz CT molecular complexity index is 842. The number of carbonyl (C=O) groups excluding carboxylic acids is 2. The van der Waals surface area contributed by atoms with E-state index in [9.17, 15) is 14.0 Å². The predicted octanol–water partition coefficient (Wildman–Crippen LogP) is 1.69. The largest absolute Gasteiger partial charge is 0.484 e. The summed E-state index contributed by atoms with van der Waals surface area (Å²) in [5.41, 5.74) is 2.39. The predicted molar refractivity (Wildman–Crippen MR) is 102 cm³/mol. The minimum Gasteiger partial charge on any atom is -0.484 e. The number of ether oxygens (including phenoxy) is 1. The average molecular weight is 424 g/mol. The first-order valence-corrected chi connectivity index (χ1v) is 10.3. The van der Waals surface area contributed by atoms with Gasteiger partial charge in [0.2, 0.25) is 5.91 Å². The molecule has 2 amide bonds. The number of halogens is 2. The summed E-state index contributed by atoms with van der Waals surface area (Å²) in [4.78, 5) is 30.4. The van der Waals surface area contributed by atoms with Crippen molar-refractivity contribution in [1.82, 2.24) is 16.1 Å². The summed E-state index contributed by atoms with van der Waals surface area (Å²) in [5.74, 6) is -0.208. The first kappa shape index (κ1) is 19.1. The third-order valence-electron chi connectivity index (χ3n) is 6.43. The van der Waals surface area contributed by atoms with Crippen LogP contribution in [0.3, 0.4) is 0 Å². The van der Waals surface area contributed by atoms with Gasteiger partial charge in [-0.15, -0.1) is 0 Å². The maximum absolute atomic E-state index is 13.4. The van der Waals surface area contributed by atoms with E-state index < -0.39 is 5.82 Å². The molecule has 0 spiro atoms. The fraction of sp³-hybridized carbons (Fsp3) is 0.600. The zero-order valence-electron chi connectivity index (χ0n) is 15.8. The van der Waals surface area contributed by atoms with Gasteiger partial charge >= 0.3 is 0 Å². The molecule has 1 aromatic rings. The molecule has 7 nitrogen and oxygen atoms in total. The van der Waals surface area contributed by atoms with Crippen molar-refractivity contribution in [1.29, 1.82) is 0 Å². The number of rotatable bonds is 7. The van der Waals surface area contributed by atoms with Crippen LogP contribution in [0.1, 0.15) is 32.1 Å². The second-order valence-corrected chi connectivity index (χ2v) is 9.28. The van der Waals surface area contributed by atoms with E-state index in [0.29, 0.717) is 12.5 Å². The summed E-state index contributed by atoms with van der Waals surface area (Å²) in [7, 11) is 0.